The molecule has 1 aromatic rings. The van der Waals surface area contributed by atoms with Gasteiger partial charge in [0.05, 0.1) is 13.2 Å². The molecule has 2 atom stereocenters. The van der Waals surface area contributed by atoms with Crippen LogP contribution < -0.4 is 5.32 Å². The summed E-state index contributed by atoms with van der Waals surface area (Å²) in [6.45, 7) is 11.2. The molecule has 33 heavy (non-hydrogen) atoms. The molecule has 2 fully saturated rings. The normalized spacial score (nSPS) is 22.1. The molecular formula is C26H41N3O4. The third-order valence-electron chi connectivity index (χ3n) is 6.38. The average molecular weight is 460 g/mol. The molecule has 0 saturated carbocycles. The molecule has 1 N–H and O–H groups in total. The number of nitrogens with zero attached hydrogens (tertiary/aromatic N) is 2. The van der Waals surface area contributed by atoms with Crippen molar-refractivity contribution in [1.29, 1.82) is 0 Å². The molecule has 0 radical (unpaired) electrons. The van der Waals surface area contributed by atoms with E-state index in [1.54, 1.807) is 4.90 Å². The van der Waals surface area contributed by atoms with Gasteiger partial charge in [0.2, 0.25) is 5.91 Å². The molecule has 2 saturated heterocycles. The number of likely N-dealkylation sites (tertiary alicyclic amines) is 1. The van der Waals surface area contributed by atoms with E-state index in [4.69, 9.17) is 9.47 Å². The van der Waals surface area contributed by atoms with Crippen LogP contribution in [0.3, 0.4) is 0 Å². The lowest BCUT2D eigenvalue weighted by Crippen LogP contribution is -2.55. The lowest BCUT2D eigenvalue weighted by atomic mass is 9.86. The van der Waals surface area contributed by atoms with Gasteiger partial charge in [-0.25, -0.2) is 4.79 Å². The third-order valence-corrected chi connectivity index (χ3v) is 6.38. The smallest absolute Gasteiger partial charge is 0.410 e. The van der Waals surface area contributed by atoms with Crippen molar-refractivity contribution < 1.29 is 19.1 Å². The van der Waals surface area contributed by atoms with Crippen LogP contribution in [0, 0.1) is 5.92 Å². The second-order valence-electron chi connectivity index (χ2n) is 10.2. The molecule has 0 spiro atoms. The highest BCUT2D eigenvalue weighted by Gasteiger charge is 2.38. The first-order chi connectivity index (χ1) is 15.8. The van der Waals surface area contributed by atoms with Crippen molar-refractivity contribution in [3.8, 4) is 0 Å². The van der Waals surface area contributed by atoms with Crippen LogP contribution in [0.4, 0.5) is 4.79 Å². The van der Waals surface area contributed by atoms with Gasteiger partial charge in [-0.15, -0.1) is 0 Å². The largest absolute Gasteiger partial charge is 0.444 e. The predicted octanol–water partition coefficient (Wildman–Crippen LogP) is 3.47. The number of nitrogens with one attached hydrogen (secondary N) is 1. The Morgan fingerprint density at radius 2 is 1.85 bits per heavy atom. The number of amides is 2. The number of rotatable bonds is 8. The quantitative estimate of drug-likeness (QED) is 0.603. The van der Waals surface area contributed by atoms with Crippen LogP contribution >= 0.6 is 0 Å². The van der Waals surface area contributed by atoms with Crippen LogP contribution in [0.25, 0.3) is 0 Å². The number of hydrogen-bond acceptors (Lipinski definition) is 5. The Labute approximate surface area is 198 Å². The fourth-order valence-corrected chi connectivity index (χ4v) is 4.56. The minimum atomic E-state index is -0.583. The summed E-state index contributed by atoms with van der Waals surface area (Å²) >= 11 is 0. The highest BCUT2D eigenvalue weighted by molar-refractivity contribution is 5.86. The van der Waals surface area contributed by atoms with Crippen molar-refractivity contribution >= 4 is 12.0 Å². The fourth-order valence-electron chi connectivity index (χ4n) is 4.56. The Balaban J connectivity index is 1.54. The number of piperidine rings is 1. The molecule has 184 valence electrons. The van der Waals surface area contributed by atoms with Crippen molar-refractivity contribution in [1.82, 2.24) is 15.1 Å². The minimum absolute atomic E-state index is 0.0627. The molecule has 7 nitrogen and oxygen atoms in total. The van der Waals surface area contributed by atoms with E-state index in [0.717, 1.165) is 58.5 Å². The molecule has 7 heteroatoms. The topological polar surface area (TPSA) is 71.1 Å². The van der Waals surface area contributed by atoms with Gasteiger partial charge in [0.15, 0.2) is 0 Å². The van der Waals surface area contributed by atoms with Crippen molar-refractivity contribution in [2.75, 3.05) is 45.9 Å². The molecule has 1 aromatic carbocycles. The zero-order valence-electron chi connectivity index (χ0n) is 20.6. The number of morpholine rings is 1. The van der Waals surface area contributed by atoms with Crippen LogP contribution in [-0.2, 0) is 20.7 Å². The Kier molecular flexibility index (Phi) is 9.56. The number of carbonyl (C=O) groups excluding carboxylic acids is 2. The van der Waals surface area contributed by atoms with Crippen LogP contribution in [0.2, 0.25) is 0 Å². The van der Waals surface area contributed by atoms with E-state index < -0.39 is 17.7 Å². The summed E-state index contributed by atoms with van der Waals surface area (Å²) < 4.78 is 11.0. The van der Waals surface area contributed by atoms with Gasteiger partial charge in [-0.3, -0.25) is 14.6 Å². The summed E-state index contributed by atoms with van der Waals surface area (Å²) in [7, 11) is 0. The molecule has 0 aliphatic carbocycles. The molecule has 2 aliphatic heterocycles. The van der Waals surface area contributed by atoms with Gasteiger partial charge in [-0.05, 0) is 70.9 Å². The fraction of sp³-hybridized carbons (Fsp3) is 0.692. The molecule has 3 rings (SSSR count). The summed E-state index contributed by atoms with van der Waals surface area (Å²) in [5, 5.41) is 3.09. The summed E-state index contributed by atoms with van der Waals surface area (Å²) in [6.07, 6.45) is 4.09. The average Bonchev–Trinajstić information content (AvgIpc) is 2.80. The number of carbonyl (C=O) groups is 2. The second-order valence-corrected chi connectivity index (χ2v) is 10.2. The van der Waals surface area contributed by atoms with E-state index in [1.807, 2.05) is 26.8 Å². The zero-order valence-corrected chi connectivity index (χ0v) is 20.6. The highest BCUT2D eigenvalue weighted by Crippen LogP contribution is 2.28. The maximum absolute atomic E-state index is 13.2. The van der Waals surface area contributed by atoms with E-state index in [9.17, 15) is 9.59 Å². The minimum Gasteiger partial charge on any atom is -0.444 e. The number of benzene rings is 1. The SMILES string of the molecule is CC(C)(C)OC(=O)N1CCC(CCc2ccccc2)CC1C(=O)NCCCN1CCOCC1. The molecule has 2 unspecified atom stereocenters. The Hall–Kier alpha value is -2.12. The molecule has 2 aliphatic rings. The predicted molar refractivity (Wildman–Crippen MR) is 129 cm³/mol. The van der Waals surface area contributed by atoms with Crippen LogP contribution in [0.5, 0.6) is 0 Å². The number of ether oxygens (including phenoxy) is 2. The number of aryl methyl sites for hydroxylation is 1. The third kappa shape index (κ3) is 8.63. The van der Waals surface area contributed by atoms with Crippen LogP contribution in [-0.4, -0.2) is 79.4 Å². The standard InChI is InChI=1S/C26H41N3O4/c1-26(2,3)33-25(31)29-15-12-22(11-10-21-8-5-4-6-9-21)20-23(29)24(30)27-13-7-14-28-16-18-32-19-17-28/h4-6,8-9,22-23H,7,10-20H2,1-3H3,(H,27,30). The van der Waals surface area contributed by atoms with E-state index in [2.05, 4.69) is 34.5 Å². The van der Waals surface area contributed by atoms with Crippen LogP contribution in [0.15, 0.2) is 30.3 Å². The Morgan fingerprint density at radius 3 is 2.55 bits per heavy atom. The zero-order chi connectivity index (χ0) is 23.7. The van der Waals surface area contributed by atoms with Gasteiger partial charge in [0.25, 0.3) is 0 Å². The van der Waals surface area contributed by atoms with E-state index in [0.29, 0.717) is 25.4 Å². The van der Waals surface area contributed by atoms with Gasteiger partial charge in [0.1, 0.15) is 11.6 Å². The monoisotopic (exact) mass is 459 g/mol. The molecule has 0 bridgehead atoms. The first kappa shape index (κ1) is 25.5. The Bertz CT molecular complexity index is 744. The second kappa shape index (κ2) is 12.4. The van der Waals surface area contributed by atoms with E-state index >= 15 is 0 Å². The van der Waals surface area contributed by atoms with Gasteiger partial charge in [0, 0.05) is 26.2 Å². The lowest BCUT2D eigenvalue weighted by molar-refractivity contribution is -0.128. The van der Waals surface area contributed by atoms with Crippen molar-refractivity contribution in [3.63, 3.8) is 0 Å². The molecular weight excluding hydrogens is 418 g/mol. The van der Waals surface area contributed by atoms with Gasteiger partial charge >= 0.3 is 6.09 Å². The van der Waals surface area contributed by atoms with Gasteiger partial charge < -0.3 is 14.8 Å². The first-order valence-corrected chi connectivity index (χ1v) is 12.4. The van der Waals surface area contributed by atoms with Crippen molar-refractivity contribution in [3.05, 3.63) is 35.9 Å². The summed E-state index contributed by atoms with van der Waals surface area (Å²) in [5.41, 5.74) is 0.733. The van der Waals surface area contributed by atoms with Gasteiger partial charge in [-0.1, -0.05) is 30.3 Å². The van der Waals surface area contributed by atoms with E-state index in [-0.39, 0.29) is 5.91 Å². The molecule has 2 amide bonds. The highest BCUT2D eigenvalue weighted by atomic mass is 16.6. The Morgan fingerprint density at radius 1 is 1.12 bits per heavy atom. The van der Waals surface area contributed by atoms with Crippen molar-refractivity contribution in [2.24, 2.45) is 5.92 Å². The van der Waals surface area contributed by atoms with Gasteiger partial charge in [-0.2, -0.15) is 0 Å². The summed E-state index contributed by atoms with van der Waals surface area (Å²) in [6, 6.07) is 9.98. The molecule has 2 heterocycles. The first-order valence-electron chi connectivity index (χ1n) is 12.4. The lowest BCUT2D eigenvalue weighted by Gasteiger charge is -2.39. The molecule has 0 aromatic heterocycles. The van der Waals surface area contributed by atoms with E-state index in [1.165, 1.54) is 5.56 Å². The summed E-state index contributed by atoms with van der Waals surface area (Å²) in [4.78, 5) is 30.0. The summed E-state index contributed by atoms with van der Waals surface area (Å²) in [5.74, 6) is 0.347. The van der Waals surface area contributed by atoms with Crippen LogP contribution in [0.1, 0.15) is 52.0 Å². The maximum atomic E-state index is 13.2. The van der Waals surface area contributed by atoms with Crippen molar-refractivity contribution in [2.45, 2.75) is 64.5 Å². The number of hydrogen-bond donors (Lipinski definition) is 1. The maximum Gasteiger partial charge on any atom is 0.410 e.